The van der Waals surface area contributed by atoms with E-state index in [2.05, 4.69) is 39.3 Å². The highest BCUT2D eigenvalue weighted by atomic mass is 16.5. The van der Waals surface area contributed by atoms with Gasteiger partial charge < -0.3 is 9.22 Å². The summed E-state index contributed by atoms with van der Waals surface area (Å²) in [7, 11) is 8.63. The zero-order valence-corrected chi connectivity index (χ0v) is 10.8. The molecule has 2 nitrogen and oxygen atoms in total. The summed E-state index contributed by atoms with van der Waals surface area (Å²) in [6.07, 6.45) is 3.59. The fraction of sp³-hybridized carbons (Fsp3) is 0.571. The summed E-state index contributed by atoms with van der Waals surface area (Å²) in [6.45, 7) is 0. The van der Waals surface area contributed by atoms with Crippen LogP contribution in [0.2, 0.25) is 0 Å². The molecule has 1 atom stereocenters. The largest absolute Gasteiger partial charge is 0.496 e. The van der Waals surface area contributed by atoms with Crippen LogP contribution in [0.1, 0.15) is 17.5 Å². The average Bonchev–Trinajstić information content (AvgIpc) is 2.26. The fourth-order valence-corrected chi connectivity index (χ4v) is 2.61. The number of quaternary nitrogens is 1. The molecule has 88 valence electrons. The number of likely N-dealkylation sites (N-methyl/N-ethyl adjacent to an activating group) is 1. The molecule has 0 aliphatic heterocycles. The van der Waals surface area contributed by atoms with Crippen LogP contribution in [0.3, 0.4) is 0 Å². The molecule has 0 spiro atoms. The number of ether oxygens (including phenoxy) is 1. The number of benzene rings is 1. The Balaban J connectivity index is 2.28. The molecule has 1 aromatic rings. The minimum atomic E-state index is 0.736. The lowest BCUT2D eigenvalue weighted by Gasteiger charge is -2.37. The molecule has 0 amide bonds. The van der Waals surface area contributed by atoms with Crippen LogP contribution in [0.15, 0.2) is 18.2 Å². The zero-order valence-electron chi connectivity index (χ0n) is 10.8. The maximum atomic E-state index is 5.43. The third-order valence-electron chi connectivity index (χ3n) is 3.73. The van der Waals surface area contributed by atoms with E-state index >= 15 is 0 Å². The molecule has 1 aromatic carbocycles. The van der Waals surface area contributed by atoms with Gasteiger partial charge >= 0.3 is 0 Å². The molecule has 1 aliphatic rings. The molecular weight excluding hydrogens is 198 g/mol. The number of hydrogen-bond donors (Lipinski definition) is 0. The summed E-state index contributed by atoms with van der Waals surface area (Å²) in [6, 6.07) is 7.17. The van der Waals surface area contributed by atoms with Crippen molar-refractivity contribution in [1.82, 2.24) is 0 Å². The van der Waals surface area contributed by atoms with E-state index in [4.69, 9.17) is 4.74 Å². The Bertz CT molecular complexity index is 379. The van der Waals surface area contributed by atoms with Crippen molar-refractivity contribution in [2.75, 3.05) is 28.3 Å². The van der Waals surface area contributed by atoms with Gasteiger partial charge in [-0.15, -0.1) is 0 Å². The van der Waals surface area contributed by atoms with Crippen molar-refractivity contribution in [3.05, 3.63) is 29.3 Å². The van der Waals surface area contributed by atoms with E-state index in [0.29, 0.717) is 0 Å². The summed E-state index contributed by atoms with van der Waals surface area (Å²) < 4.78 is 6.48. The van der Waals surface area contributed by atoms with Gasteiger partial charge in [-0.2, -0.15) is 0 Å². The second kappa shape index (κ2) is 4.10. The molecule has 2 heteroatoms. The predicted octanol–water partition coefficient (Wildman–Crippen LogP) is 2.26. The van der Waals surface area contributed by atoms with Crippen molar-refractivity contribution in [3.63, 3.8) is 0 Å². The predicted molar refractivity (Wildman–Crippen MR) is 66.8 cm³/mol. The summed E-state index contributed by atoms with van der Waals surface area (Å²) in [5, 5.41) is 0. The van der Waals surface area contributed by atoms with Gasteiger partial charge in [0, 0.05) is 12.8 Å². The van der Waals surface area contributed by atoms with Crippen molar-refractivity contribution >= 4 is 0 Å². The van der Waals surface area contributed by atoms with E-state index in [9.17, 15) is 0 Å². The smallest absolute Gasteiger partial charge is 0.122 e. The van der Waals surface area contributed by atoms with E-state index < -0.39 is 0 Å². The molecule has 0 bridgehead atoms. The molecule has 0 radical (unpaired) electrons. The summed E-state index contributed by atoms with van der Waals surface area (Å²) in [4.78, 5) is 0. The fourth-order valence-electron chi connectivity index (χ4n) is 2.61. The van der Waals surface area contributed by atoms with E-state index in [0.717, 1.165) is 22.7 Å². The van der Waals surface area contributed by atoms with Gasteiger partial charge in [0.1, 0.15) is 5.75 Å². The van der Waals surface area contributed by atoms with Gasteiger partial charge in [-0.25, -0.2) is 0 Å². The van der Waals surface area contributed by atoms with Crippen molar-refractivity contribution in [2.24, 2.45) is 0 Å². The topological polar surface area (TPSA) is 9.23 Å². The van der Waals surface area contributed by atoms with Gasteiger partial charge in [-0.05, 0) is 23.6 Å². The number of methoxy groups -OCH3 is 1. The van der Waals surface area contributed by atoms with Crippen LogP contribution in [-0.2, 0) is 12.8 Å². The standard InChI is InChI=1S/C14H22NO/c1-15(2,3)12-8-9-13-11(10-12)6-5-7-14(13)16-4/h5-7,12H,8-10H2,1-4H3/q+1. The van der Waals surface area contributed by atoms with Crippen molar-refractivity contribution in [2.45, 2.75) is 25.3 Å². The minimum Gasteiger partial charge on any atom is -0.496 e. The second-order valence-electron chi connectivity index (χ2n) is 5.61. The first-order valence-corrected chi connectivity index (χ1v) is 5.98. The Hall–Kier alpha value is -1.02. The van der Waals surface area contributed by atoms with E-state index in [-0.39, 0.29) is 0 Å². The normalized spacial score (nSPS) is 20.4. The van der Waals surface area contributed by atoms with Crippen LogP contribution >= 0.6 is 0 Å². The molecule has 1 unspecified atom stereocenters. The Kier molecular flexibility index (Phi) is 2.94. The third kappa shape index (κ3) is 2.07. The first kappa shape index (κ1) is 11.5. The van der Waals surface area contributed by atoms with Crippen molar-refractivity contribution < 1.29 is 9.22 Å². The molecule has 0 aromatic heterocycles. The lowest BCUT2D eigenvalue weighted by molar-refractivity contribution is -0.896. The first-order chi connectivity index (χ1) is 7.52. The molecule has 0 N–H and O–H groups in total. The monoisotopic (exact) mass is 220 g/mol. The van der Waals surface area contributed by atoms with Gasteiger partial charge in [-0.3, -0.25) is 0 Å². The molecule has 1 aliphatic carbocycles. The zero-order chi connectivity index (χ0) is 11.8. The van der Waals surface area contributed by atoms with E-state index in [1.54, 1.807) is 7.11 Å². The lowest BCUT2D eigenvalue weighted by Crippen LogP contribution is -2.47. The second-order valence-corrected chi connectivity index (χ2v) is 5.61. The molecular formula is C14H22NO+. The summed E-state index contributed by atoms with van der Waals surface area (Å²) >= 11 is 0. The number of hydrogen-bond acceptors (Lipinski definition) is 1. The van der Waals surface area contributed by atoms with E-state index in [1.807, 2.05) is 0 Å². The Morgan fingerprint density at radius 3 is 2.62 bits per heavy atom. The highest BCUT2D eigenvalue weighted by Crippen LogP contribution is 2.31. The number of nitrogens with zero attached hydrogens (tertiary/aromatic N) is 1. The average molecular weight is 220 g/mol. The highest BCUT2D eigenvalue weighted by Gasteiger charge is 2.29. The number of fused-ring (bicyclic) bond motifs is 1. The van der Waals surface area contributed by atoms with Gasteiger partial charge in [-0.1, -0.05) is 12.1 Å². The molecule has 0 saturated carbocycles. The molecule has 2 rings (SSSR count). The quantitative estimate of drug-likeness (QED) is 0.695. The van der Waals surface area contributed by atoms with Crippen molar-refractivity contribution in [3.8, 4) is 5.75 Å². The van der Waals surface area contributed by atoms with Crippen LogP contribution < -0.4 is 4.74 Å². The SMILES string of the molecule is COc1cccc2c1CCC([N+](C)(C)C)C2. The Labute approximate surface area is 98.4 Å². The Morgan fingerprint density at radius 2 is 2.00 bits per heavy atom. The maximum absolute atomic E-state index is 5.43. The highest BCUT2D eigenvalue weighted by molar-refractivity contribution is 5.42. The van der Waals surface area contributed by atoms with Crippen LogP contribution in [0.5, 0.6) is 5.75 Å². The van der Waals surface area contributed by atoms with Gasteiger partial charge in [0.15, 0.2) is 0 Å². The van der Waals surface area contributed by atoms with Crippen LogP contribution in [0, 0.1) is 0 Å². The molecule has 0 heterocycles. The molecule has 16 heavy (non-hydrogen) atoms. The summed E-state index contributed by atoms with van der Waals surface area (Å²) in [5.74, 6) is 1.07. The lowest BCUT2D eigenvalue weighted by atomic mass is 9.86. The molecule has 0 fully saturated rings. The number of rotatable bonds is 2. The van der Waals surface area contributed by atoms with Gasteiger partial charge in [0.05, 0.1) is 34.3 Å². The first-order valence-electron chi connectivity index (χ1n) is 5.98. The van der Waals surface area contributed by atoms with Crippen LogP contribution in [-0.4, -0.2) is 38.8 Å². The van der Waals surface area contributed by atoms with E-state index in [1.165, 1.54) is 24.0 Å². The third-order valence-corrected chi connectivity index (χ3v) is 3.73. The summed E-state index contributed by atoms with van der Waals surface area (Å²) in [5.41, 5.74) is 2.90. The molecule has 0 saturated heterocycles. The van der Waals surface area contributed by atoms with Crippen molar-refractivity contribution in [1.29, 1.82) is 0 Å². The van der Waals surface area contributed by atoms with Crippen LogP contribution in [0.25, 0.3) is 0 Å². The van der Waals surface area contributed by atoms with Crippen LogP contribution in [0.4, 0.5) is 0 Å². The Morgan fingerprint density at radius 1 is 1.25 bits per heavy atom. The van der Waals surface area contributed by atoms with Gasteiger partial charge in [0.2, 0.25) is 0 Å². The maximum Gasteiger partial charge on any atom is 0.122 e. The minimum absolute atomic E-state index is 0.736. The van der Waals surface area contributed by atoms with Gasteiger partial charge in [0.25, 0.3) is 0 Å².